The van der Waals surface area contributed by atoms with Crippen molar-refractivity contribution in [3.05, 3.63) is 11.8 Å². The molecule has 0 saturated carbocycles. The summed E-state index contributed by atoms with van der Waals surface area (Å²) in [4.78, 5) is 6.49. The highest BCUT2D eigenvalue weighted by molar-refractivity contribution is 5.97. The minimum absolute atomic E-state index is 0.00403. The number of hydrogen-bond donors (Lipinski definition) is 2. The van der Waals surface area contributed by atoms with Crippen LogP contribution in [0.15, 0.2) is 16.8 Å². The molecule has 0 aliphatic carbocycles. The Morgan fingerprint density at radius 3 is 2.73 bits per heavy atom. The van der Waals surface area contributed by atoms with E-state index in [1.54, 1.807) is 0 Å². The second-order valence-corrected chi connectivity index (χ2v) is 3.54. The molecule has 0 amide bonds. The highest BCUT2D eigenvalue weighted by Gasteiger charge is 2.16. The van der Waals surface area contributed by atoms with Crippen molar-refractivity contribution < 1.29 is 5.11 Å². The van der Waals surface area contributed by atoms with Gasteiger partial charge in [0.05, 0.1) is 18.4 Å². The van der Waals surface area contributed by atoms with E-state index in [4.69, 9.17) is 10.8 Å². The molecule has 0 spiro atoms. The Balaban J connectivity index is 0.000000921. The van der Waals surface area contributed by atoms with Crippen molar-refractivity contribution in [1.82, 2.24) is 4.90 Å². The third kappa shape index (κ3) is 5.54. The first kappa shape index (κ1) is 14.1. The summed E-state index contributed by atoms with van der Waals surface area (Å²) >= 11 is 0. The molecule has 0 aromatic rings. The number of likely N-dealkylation sites (N-methyl/N-ethyl adjacent to an activating group) is 1. The van der Waals surface area contributed by atoms with Gasteiger partial charge in [0.25, 0.3) is 0 Å². The molecular weight excluding hydrogens is 190 g/mol. The lowest BCUT2D eigenvalue weighted by molar-refractivity contribution is 0.224. The van der Waals surface area contributed by atoms with E-state index in [1.807, 2.05) is 33.9 Å². The van der Waals surface area contributed by atoms with Gasteiger partial charge in [0, 0.05) is 18.8 Å². The summed E-state index contributed by atoms with van der Waals surface area (Å²) < 4.78 is 0. The number of aliphatic hydroxyl groups excluding tert-OH is 1. The molecule has 1 unspecified atom stereocenters. The number of aliphatic imine (C=N–C) groups is 1. The summed E-state index contributed by atoms with van der Waals surface area (Å²) in [6.45, 7) is 7.57. The van der Waals surface area contributed by atoms with Crippen molar-refractivity contribution >= 4 is 5.71 Å². The third-order valence-corrected chi connectivity index (χ3v) is 1.91. The van der Waals surface area contributed by atoms with E-state index in [1.165, 1.54) is 0 Å². The molecule has 4 nitrogen and oxygen atoms in total. The van der Waals surface area contributed by atoms with Gasteiger partial charge in [-0.3, -0.25) is 9.89 Å². The van der Waals surface area contributed by atoms with Gasteiger partial charge in [-0.05, 0) is 20.0 Å². The number of hydrogen-bond acceptors (Lipinski definition) is 4. The molecule has 0 aromatic heterocycles. The molecule has 4 heteroatoms. The fourth-order valence-corrected chi connectivity index (χ4v) is 1.46. The third-order valence-electron chi connectivity index (χ3n) is 1.91. The lowest BCUT2D eigenvalue weighted by atomic mass is 10.2. The van der Waals surface area contributed by atoms with Gasteiger partial charge >= 0.3 is 0 Å². The predicted molar refractivity (Wildman–Crippen MR) is 65.1 cm³/mol. The second-order valence-electron chi connectivity index (χ2n) is 3.54. The van der Waals surface area contributed by atoms with Gasteiger partial charge in [-0.1, -0.05) is 13.8 Å². The monoisotopic (exact) mass is 213 g/mol. The number of rotatable bonds is 2. The Morgan fingerprint density at radius 1 is 1.67 bits per heavy atom. The zero-order valence-electron chi connectivity index (χ0n) is 10.2. The van der Waals surface area contributed by atoms with E-state index in [0.29, 0.717) is 0 Å². The van der Waals surface area contributed by atoms with Gasteiger partial charge in [0.1, 0.15) is 0 Å². The summed E-state index contributed by atoms with van der Waals surface area (Å²) in [7, 11) is 2.01. The topological polar surface area (TPSA) is 61.9 Å². The minimum atomic E-state index is 0.00403. The highest BCUT2D eigenvalue weighted by atomic mass is 16.3. The van der Waals surface area contributed by atoms with Gasteiger partial charge < -0.3 is 10.8 Å². The minimum Gasteiger partial charge on any atom is -0.402 e. The van der Waals surface area contributed by atoms with Crippen molar-refractivity contribution in [2.45, 2.75) is 26.8 Å². The van der Waals surface area contributed by atoms with Crippen LogP contribution >= 0.6 is 0 Å². The first-order valence-corrected chi connectivity index (χ1v) is 5.41. The summed E-state index contributed by atoms with van der Waals surface area (Å²) in [6.07, 6.45) is 1.86. The number of nitrogens with zero attached hydrogens (tertiary/aromatic N) is 2. The predicted octanol–water partition coefficient (Wildman–Crippen LogP) is 0.622. The lowest BCUT2D eigenvalue weighted by Gasteiger charge is -2.26. The molecule has 1 aliphatic heterocycles. The maximum Gasteiger partial charge on any atom is 0.0860 e. The molecule has 0 fully saturated rings. The van der Waals surface area contributed by atoms with Crippen molar-refractivity contribution in [3.8, 4) is 0 Å². The normalized spacial score (nSPS) is 22.9. The maximum absolute atomic E-state index is 8.98. The highest BCUT2D eigenvalue weighted by Crippen LogP contribution is 2.04. The molecule has 0 radical (unpaired) electrons. The number of aliphatic hydroxyl groups is 1. The van der Waals surface area contributed by atoms with Crippen LogP contribution in [0.2, 0.25) is 0 Å². The molecule has 1 aliphatic rings. The fraction of sp³-hybridized carbons (Fsp3) is 0.727. The fourth-order valence-electron chi connectivity index (χ4n) is 1.46. The molecule has 1 rings (SSSR count). The molecule has 1 heterocycles. The van der Waals surface area contributed by atoms with Crippen LogP contribution in [0.25, 0.3) is 0 Å². The van der Waals surface area contributed by atoms with Gasteiger partial charge in [-0.25, -0.2) is 0 Å². The molecule has 3 N–H and O–H groups in total. The van der Waals surface area contributed by atoms with E-state index >= 15 is 0 Å². The van der Waals surface area contributed by atoms with Crippen molar-refractivity contribution in [1.29, 1.82) is 0 Å². The molecule has 0 bridgehead atoms. The van der Waals surface area contributed by atoms with E-state index in [0.717, 1.165) is 24.5 Å². The summed E-state index contributed by atoms with van der Waals surface area (Å²) in [5.41, 5.74) is 7.26. The molecule has 0 aromatic carbocycles. The molecule has 88 valence electrons. The van der Waals surface area contributed by atoms with Crippen molar-refractivity contribution in [3.63, 3.8) is 0 Å². The molecule has 0 saturated heterocycles. The molecule has 15 heavy (non-hydrogen) atoms. The maximum atomic E-state index is 8.98. The Hall–Kier alpha value is -0.870. The Labute approximate surface area is 92.5 Å². The van der Waals surface area contributed by atoms with Crippen LogP contribution < -0.4 is 5.73 Å². The molecule has 1 atom stereocenters. The number of nitrogens with two attached hydrogens (primary N) is 1. The largest absolute Gasteiger partial charge is 0.402 e. The lowest BCUT2D eigenvalue weighted by Crippen LogP contribution is -2.39. The van der Waals surface area contributed by atoms with Gasteiger partial charge in [0.2, 0.25) is 0 Å². The first-order valence-electron chi connectivity index (χ1n) is 5.41. The smallest absolute Gasteiger partial charge is 0.0860 e. The van der Waals surface area contributed by atoms with Crippen LogP contribution in [-0.4, -0.2) is 48.5 Å². The zero-order chi connectivity index (χ0) is 11.8. The quantitative estimate of drug-likeness (QED) is 0.707. The van der Waals surface area contributed by atoms with Crippen LogP contribution in [0.3, 0.4) is 0 Å². The summed E-state index contributed by atoms with van der Waals surface area (Å²) in [6, 6.07) is 0.00403. The Morgan fingerprint density at radius 2 is 2.27 bits per heavy atom. The van der Waals surface area contributed by atoms with Crippen LogP contribution in [0.4, 0.5) is 0 Å². The SMILES string of the molecule is C/C(N)=C/C1=NC(CO)CN(C)C1.CC. The first-order chi connectivity index (χ1) is 7.11. The van der Waals surface area contributed by atoms with Crippen molar-refractivity contribution in [2.24, 2.45) is 10.7 Å². The zero-order valence-corrected chi connectivity index (χ0v) is 10.2. The second kappa shape index (κ2) is 7.43. The number of allylic oxidation sites excluding steroid dienone is 1. The van der Waals surface area contributed by atoms with Gasteiger partial charge in [-0.2, -0.15) is 0 Å². The van der Waals surface area contributed by atoms with E-state index in [-0.39, 0.29) is 12.6 Å². The van der Waals surface area contributed by atoms with Crippen LogP contribution in [0.1, 0.15) is 20.8 Å². The van der Waals surface area contributed by atoms with E-state index in [9.17, 15) is 0 Å². The average molecular weight is 213 g/mol. The Bertz CT molecular complexity index is 232. The van der Waals surface area contributed by atoms with Crippen molar-refractivity contribution in [2.75, 3.05) is 26.7 Å². The van der Waals surface area contributed by atoms with Crippen LogP contribution in [0, 0.1) is 0 Å². The average Bonchev–Trinajstić information content (AvgIpc) is 2.18. The van der Waals surface area contributed by atoms with Crippen LogP contribution in [-0.2, 0) is 0 Å². The van der Waals surface area contributed by atoms with E-state index in [2.05, 4.69) is 9.89 Å². The standard InChI is InChI=1S/C9H17N3O.C2H6/c1-7(10)3-8-4-12(2)5-9(6-13)11-8;1-2/h3,9,13H,4-6,10H2,1-2H3;1-2H3/b7-3-;. The van der Waals surface area contributed by atoms with Crippen LogP contribution in [0.5, 0.6) is 0 Å². The van der Waals surface area contributed by atoms with E-state index < -0.39 is 0 Å². The summed E-state index contributed by atoms with van der Waals surface area (Å²) in [5.74, 6) is 0. The van der Waals surface area contributed by atoms with Gasteiger partial charge in [-0.15, -0.1) is 0 Å². The molecular formula is C11H23N3O. The van der Waals surface area contributed by atoms with Gasteiger partial charge in [0.15, 0.2) is 0 Å². The summed E-state index contributed by atoms with van der Waals surface area (Å²) in [5, 5.41) is 8.98. The Kier molecular flexibility index (Phi) is 6.99.